The fraction of sp³-hybridized carbons (Fsp3) is 0.364. The molecule has 1 aliphatic rings. The van der Waals surface area contributed by atoms with Gasteiger partial charge in [-0.1, -0.05) is 23.2 Å². The Bertz CT molecular complexity index is 403. The van der Waals surface area contributed by atoms with Gasteiger partial charge in [-0.2, -0.15) is 0 Å². The van der Waals surface area contributed by atoms with Crippen LogP contribution in [0.5, 0.6) is 0 Å². The summed E-state index contributed by atoms with van der Waals surface area (Å²) in [6, 6.07) is 5.06. The zero-order valence-corrected chi connectivity index (χ0v) is 10.1. The van der Waals surface area contributed by atoms with Gasteiger partial charge in [-0.15, -0.1) is 0 Å². The van der Waals surface area contributed by atoms with E-state index in [1.165, 1.54) is 0 Å². The molecule has 5 heteroatoms. The van der Waals surface area contributed by atoms with Gasteiger partial charge in [0.05, 0.1) is 10.6 Å². The molecule has 1 fully saturated rings. The van der Waals surface area contributed by atoms with Crippen molar-refractivity contribution in [2.45, 2.75) is 12.5 Å². The molecule has 1 amide bonds. The summed E-state index contributed by atoms with van der Waals surface area (Å²) in [5.74, 6) is -0.166. The zero-order valence-electron chi connectivity index (χ0n) is 8.59. The Labute approximate surface area is 104 Å². The Balaban J connectivity index is 2.10. The maximum atomic E-state index is 11.9. The second-order valence-corrected chi connectivity index (χ2v) is 4.63. The predicted molar refractivity (Wildman–Crippen MR) is 65.2 cm³/mol. The fourth-order valence-electron chi connectivity index (χ4n) is 1.71. The Hall–Kier alpha value is -0.770. The van der Waals surface area contributed by atoms with E-state index >= 15 is 0 Å². The molecule has 0 spiro atoms. The molecule has 1 heterocycles. The lowest BCUT2D eigenvalue weighted by Gasteiger charge is -2.12. The molecule has 1 aromatic carbocycles. The van der Waals surface area contributed by atoms with Crippen molar-refractivity contribution in [1.29, 1.82) is 0 Å². The smallest absolute Gasteiger partial charge is 0.253 e. The van der Waals surface area contributed by atoms with Gasteiger partial charge in [0, 0.05) is 17.6 Å². The first-order chi connectivity index (χ1) is 7.66. The Morgan fingerprint density at radius 2 is 2.25 bits per heavy atom. The van der Waals surface area contributed by atoms with Crippen LogP contribution in [0.25, 0.3) is 0 Å². The van der Waals surface area contributed by atoms with Crippen LogP contribution in [0.4, 0.5) is 0 Å². The lowest BCUT2D eigenvalue weighted by molar-refractivity contribution is 0.0940. The van der Waals surface area contributed by atoms with E-state index in [1.54, 1.807) is 18.2 Å². The number of carbonyl (C=O) groups is 1. The third-order valence-electron chi connectivity index (χ3n) is 2.57. The summed E-state index contributed by atoms with van der Waals surface area (Å²) < 4.78 is 0. The molecule has 1 aliphatic heterocycles. The first-order valence-electron chi connectivity index (χ1n) is 5.13. The van der Waals surface area contributed by atoms with Crippen LogP contribution in [0.3, 0.4) is 0 Å². The van der Waals surface area contributed by atoms with Gasteiger partial charge in [-0.3, -0.25) is 4.79 Å². The summed E-state index contributed by atoms with van der Waals surface area (Å²) in [5.41, 5.74) is 0.432. The summed E-state index contributed by atoms with van der Waals surface area (Å²) in [4.78, 5) is 11.9. The van der Waals surface area contributed by atoms with Gasteiger partial charge in [0.15, 0.2) is 0 Å². The first-order valence-corrected chi connectivity index (χ1v) is 5.89. The van der Waals surface area contributed by atoms with E-state index in [0.717, 1.165) is 19.5 Å². The molecule has 1 aromatic rings. The molecule has 2 rings (SSSR count). The molecule has 1 atom stereocenters. The lowest BCUT2D eigenvalue weighted by Crippen LogP contribution is -2.36. The van der Waals surface area contributed by atoms with Crippen LogP contribution in [0.1, 0.15) is 16.8 Å². The van der Waals surface area contributed by atoms with Crippen molar-refractivity contribution in [1.82, 2.24) is 10.6 Å². The van der Waals surface area contributed by atoms with E-state index in [2.05, 4.69) is 10.6 Å². The van der Waals surface area contributed by atoms with Crippen LogP contribution in [0.2, 0.25) is 10.0 Å². The van der Waals surface area contributed by atoms with Crippen LogP contribution >= 0.6 is 23.2 Å². The highest BCUT2D eigenvalue weighted by Gasteiger charge is 2.19. The number of halogens is 2. The highest BCUT2D eigenvalue weighted by molar-refractivity contribution is 6.35. The molecule has 0 bridgehead atoms. The number of carbonyl (C=O) groups excluding carboxylic acids is 1. The largest absolute Gasteiger partial charge is 0.348 e. The average molecular weight is 259 g/mol. The molecule has 0 aromatic heterocycles. The Kier molecular flexibility index (Phi) is 3.69. The average Bonchev–Trinajstić information content (AvgIpc) is 2.74. The zero-order chi connectivity index (χ0) is 11.5. The van der Waals surface area contributed by atoms with E-state index in [4.69, 9.17) is 23.2 Å². The third kappa shape index (κ3) is 2.67. The topological polar surface area (TPSA) is 41.1 Å². The number of rotatable bonds is 2. The van der Waals surface area contributed by atoms with Crippen LogP contribution in [-0.2, 0) is 0 Å². The second kappa shape index (κ2) is 5.04. The van der Waals surface area contributed by atoms with Gasteiger partial charge < -0.3 is 10.6 Å². The van der Waals surface area contributed by atoms with E-state index in [9.17, 15) is 4.79 Å². The molecular weight excluding hydrogens is 247 g/mol. The summed E-state index contributed by atoms with van der Waals surface area (Å²) in [6.07, 6.45) is 0.948. The minimum absolute atomic E-state index is 0.166. The molecule has 1 unspecified atom stereocenters. The summed E-state index contributed by atoms with van der Waals surface area (Å²) in [6.45, 7) is 1.75. The standard InChI is InChI=1S/C11H12Cl2N2O/c12-7-1-2-10(13)9(5-7)11(16)15-8-3-4-14-6-8/h1-2,5,8,14H,3-4,6H2,(H,15,16). The van der Waals surface area contributed by atoms with Crippen molar-refractivity contribution in [3.8, 4) is 0 Å². The molecule has 1 saturated heterocycles. The van der Waals surface area contributed by atoms with Gasteiger partial charge in [-0.25, -0.2) is 0 Å². The molecule has 3 nitrogen and oxygen atoms in total. The summed E-state index contributed by atoms with van der Waals surface area (Å²) >= 11 is 11.8. The van der Waals surface area contributed by atoms with Crippen molar-refractivity contribution in [2.24, 2.45) is 0 Å². The van der Waals surface area contributed by atoms with Crippen molar-refractivity contribution >= 4 is 29.1 Å². The number of nitrogens with one attached hydrogen (secondary N) is 2. The molecule has 86 valence electrons. The van der Waals surface area contributed by atoms with Gasteiger partial charge in [0.25, 0.3) is 5.91 Å². The molecular formula is C11H12Cl2N2O. The SMILES string of the molecule is O=C(NC1CCNC1)c1cc(Cl)ccc1Cl. The van der Waals surface area contributed by atoms with Crippen molar-refractivity contribution < 1.29 is 4.79 Å². The molecule has 16 heavy (non-hydrogen) atoms. The maximum Gasteiger partial charge on any atom is 0.253 e. The van der Waals surface area contributed by atoms with E-state index in [1.807, 2.05) is 0 Å². The lowest BCUT2D eigenvalue weighted by atomic mass is 10.2. The van der Waals surface area contributed by atoms with Crippen LogP contribution in [0.15, 0.2) is 18.2 Å². The summed E-state index contributed by atoms with van der Waals surface area (Å²) in [5, 5.41) is 7.04. The van der Waals surface area contributed by atoms with E-state index in [0.29, 0.717) is 15.6 Å². The van der Waals surface area contributed by atoms with Crippen molar-refractivity contribution in [2.75, 3.05) is 13.1 Å². The van der Waals surface area contributed by atoms with Gasteiger partial charge >= 0.3 is 0 Å². The monoisotopic (exact) mass is 258 g/mol. The van der Waals surface area contributed by atoms with Crippen LogP contribution in [-0.4, -0.2) is 25.0 Å². The second-order valence-electron chi connectivity index (χ2n) is 3.79. The Morgan fingerprint density at radius 3 is 2.94 bits per heavy atom. The maximum absolute atomic E-state index is 11.9. The first kappa shape index (κ1) is 11.7. The van der Waals surface area contributed by atoms with Gasteiger partial charge in [0.2, 0.25) is 0 Å². The molecule has 2 N–H and O–H groups in total. The highest BCUT2D eigenvalue weighted by atomic mass is 35.5. The normalized spacial score (nSPS) is 19.8. The van der Waals surface area contributed by atoms with E-state index in [-0.39, 0.29) is 11.9 Å². The predicted octanol–water partition coefficient (Wildman–Crippen LogP) is 2.09. The number of hydrogen-bond donors (Lipinski definition) is 2. The quantitative estimate of drug-likeness (QED) is 0.853. The molecule has 0 aliphatic carbocycles. The third-order valence-corrected chi connectivity index (χ3v) is 3.13. The number of hydrogen-bond acceptors (Lipinski definition) is 2. The minimum atomic E-state index is -0.166. The van der Waals surface area contributed by atoms with Crippen molar-refractivity contribution in [3.63, 3.8) is 0 Å². The van der Waals surface area contributed by atoms with Gasteiger partial charge in [0.1, 0.15) is 0 Å². The van der Waals surface area contributed by atoms with Gasteiger partial charge in [-0.05, 0) is 31.2 Å². The number of benzene rings is 1. The van der Waals surface area contributed by atoms with E-state index < -0.39 is 0 Å². The fourth-order valence-corrected chi connectivity index (χ4v) is 2.09. The van der Waals surface area contributed by atoms with Crippen molar-refractivity contribution in [3.05, 3.63) is 33.8 Å². The number of amides is 1. The molecule has 0 radical (unpaired) electrons. The molecule has 0 saturated carbocycles. The minimum Gasteiger partial charge on any atom is -0.348 e. The summed E-state index contributed by atoms with van der Waals surface area (Å²) in [7, 11) is 0. The Morgan fingerprint density at radius 1 is 1.44 bits per heavy atom. The highest BCUT2D eigenvalue weighted by Crippen LogP contribution is 2.20. The van der Waals surface area contributed by atoms with Crippen LogP contribution < -0.4 is 10.6 Å². The van der Waals surface area contributed by atoms with Crippen LogP contribution in [0, 0.1) is 0 Å².